The Labute approximate surface area is 142 Å². The van der Waals surface area contributed by atoms with Gasteiger partial charge in [0.05, 0.1) is 12.0 Å². The SMILES string of the molecule is CC1=CC([C@H]2CCCCCN2C(=O)OCc2ccccc2)C(=O)O1. The largest absolute Gasteiger partial charge is 0.445 e. The van der Waals surface area contributed by atoms with E-state index in [1.165, 1.54) is 0 Å². The van der Waals surface area contributed by atoms with Gasteiger partial charge in [0.2, 0.25) is 0 Å². The highest BCUT2D eigenvalue weighted by molar-refractivity contribution is 5.80. The lowest BCUT2D eigenvalue weighted by Crippen LogP contribution is -2.45. The zero-order valence-electron chi connectivity index (χ0n) is 13.9. The lowest BCUT2D eigenvalue weighted by molar-refractivity contribution is -0.141. The third-order valence-electron chi connectivity index (χ3n) is 4.60. The Morgan fingerprint density at radius 2 is 2.04 bits per heavy atom. The lowest BCUT2D eigenvalue weighted by atomic mass is 9.95. The molecule has 5 nitrogen and oxygen atoms in total. The molecule has 2 aliphatic heterocycles. The number of carbonyl (C=O) groups excluding carboxylic acids is 2. The predicted molar refractivity (Wildman–Crippen MR) is 88.9 cm³/mol. The molecule has 2 aliphatic rings. The summed E-state index contributed by atoms with van der Waals surface area (Å²) >= 11 is 0. The fourth-order valence-corrected chi connectivity index (χ4v) is 3.39. The molecule has 128 valence electrons. The van der Waals surface area contributed by atoms with E-state index in [-0.39, 0.29) is 30.6 Å². The molecule has 24 heavy (non-hydrogen) atoms. The molecule has 0 aliphatic carbocycles. The summed E-state index contributed by atoms with van der Waals surface area (Å²) in [6, 6.07) is 9.43. The molecular weight excluding hydrogens is 306 g/mol. The molecule has 0 N–H and O–H groups in total. The number of hydrogen-bond donors (Lipinski definition) is 0. The van der Waals surface area contributed by atoms with Crippen LogP contribution in [0.3, 0.4) is 0 Å². The van der Waals surface area contributed by atoms with Crippen LogP contribution >= 0.6 is 0 Å². The number of benzene rings is 1. The van der Waals surface area contributed by atoms with Crippen molar-refractivity contribution in [3.63, 3.8) is 0 Å². The van der Waals surface area contributed by atoms with Crippen LogP contribution in [0.15, 0.2) is 42.2 Å². The van der Waals surface area contributed by atoms with Gasteiger partial charge in [-0.1, -0.05) is 43.2 Å². The van der Waals surface area contributed by atoms with Gasteiger partial charge < -0.3 is 14.4 Å². The Morgan fingerprint density at radius 1 is 1.25 bits per heavy atom. The minimum atomic E-state index is -0.382. The highest BCUT2D eigenvalue weighted by Crippen LogP contribution is 2.30. The number of esters is 1. The Kier molecular flexibility index (Phi) is 5.18. The van der Waals surface area contributed by atoms with Crippen molar-refractivity contribution >= 4 is 12.1 Å². The third kappa shape index (κ3) is 3.78. The number of rotatable bonds is 3. The molecule has 5 heteroatoms. The van der Waals surface area contributed by atoms with Crippen LogP contribution < -0.4 is 0 Å². The van der Waals surface area contributed by atoms with E-state index in [0.717, 1.165) is 31.2 Å². The number of nitrogens with zero attached hydrogens (tertiary/aromatic N) is 1. The minimum absolute atomic E-state index is 0.180. The number of amides is 1. The molecule has 1 fully saturated rings. The summed E-state index contributed by atoms with van der Waals surface area (Å²) in [5.41, 5.74) is 0.952. The first-order chi connectivity index (χ1) is 11.6. The molecule has 1 saturated heterocycles. The summed E-state index contributed by atoms with van der Waals surface area (Å²) in [4.78, 5) is 26.4. The van der Waals surface area contributed by atoms with Gasteiger partial charge in [0.25, 0.3) is 0 Å². The van der Waals surface area contributed by atoms with Crippen molar-refractivity contribution in [1.82, 2.24) is 4.90 Å². The first-order valence-corrected chi connectivity index (χ1v) is 8.52. The van der Waals surface area contributed by atoms with Crippen LogP contribution in [0.5, 0.6) is 0 Å². The zero-order valence-corrected chi connectivity index (χ0v) is 13.9. The van der Waals surface area contributed by atoms with Gasteiger partial charge in [-0.2, -0.15) is 0 Å². The van der Waals surface area contributed by atoms with Gasteiger partial charge in [-0.15, -0.1) is 0 Å². The van der Waals surface area contributed by atoms with Crippen LogP contribution in [0.1, 0.15) is 38.2 Å². The van der Waals surface area contributed by atoms with Crippen molar-refractivity contribution in [1.29, 1.82) is 0 Å². The van der Waals surface area contributed by atoms with Gasteiger partial charge in [0.15, 0.2) is 0 Å². The Bertz CT molecular complexity index is 626. The molecule has 0 aromatic heterocycles. The molecule has 2 heterocycles. The maximum Gasteiger partial charge on any atom is 0.410 e. The first-order valence-electron chi connectivity index (χ1n) is 8.52. The smallest absolute Gasteiger partial charge is 0.410 e. The van der Waals surface area contributed by atoms with Gasteiger partial charge in [0, 0.05) is 6.54 Å². The molecule has 1 aromatic rings. The number of hydrogen-bond acceptors (Lipinski definition) is 4. The van der Waals surface area contributed by atoms with Crippen molar-refractivity contribution < 1.29 is 19.1 Å². The van der Waals surface area contributed by atoms with Crippen LogP contribution in [0.4, 0.5) is 4.79 Å². The maximum atomic E-state index is 12.6. The average molecular weight is 329 g/mol. The van der Waals surface area contributed by atoms with Crippen LogP contribution in [-0.4, -0.2) is 29.5 Å². The van der Waals surface area contributed by atoms with Gasteiger partial charge >= 0.3 is 12.1 Å². The maximum absolute atomic E-state index is 12.6. The van der Waals surface area contributed by atoms with E-state index in [4.69, 9.17) is 9.47 Å². The number of likely N-dealkylation sites (tertiary alicyclic amines) is 1. The zero-order chi connectivity index (χ0) is 16.9. The molecule has 1 aromatic carbocycles. The van der Waals surface area contributed by atoms with Crippen molar-refractivity contribution in [3.05, 3.63) is 47.7 Å². The molecule has 0 spiro atoms. The fraction of sp³-hybridized carbons (Fsp3) is 0.474. The minimum Gasteiger partial charge on any atom is -0.445 e. The Balaban J connectivity index is 1.70. The molecule has 0 bridgehead atoms. The number of carbonyl (C=O) groups is 2. The van der Waals surface area contributed by atoms with Crippen LogP contribution in [0, 0.1) is 5.92 Å². The van der Waals surface area contributed by atoms with Crippen LogP contribution in [0.2, 0.25) is 0 Å². The molecule has 1 amide bonds. The van der Waals surface area contributed by atoms with Crippen molar-refractivity contribution in [2.24, 2.45) is 5.92 Å². The van der Waals surface area contributed by atoms with E-state index in [2.05, 4.69) is 0 Å². The van der Waals surface area contributed by atoms with E-state index < -0.39 is 0 Å². The molecule has 2 atom stereocenters. The molecule has 0 radical (unpaired) electrons. The standard InChI is InChI=1S/C19H23NO4/c1-14-12-16(18(21)24-14)17-10-6-3-7-11-20(17)19(22)23-13-15-8-4-2-5-9-15/h2,4-5,8-9,12,16-17H,3,6-7,10-11,13H2,1H3/t16?,17-/m1/s1. The van der Waals surface area contributed by atoms with Crippen molar-refractivity contribution in [3.8, 4) is 0 Å². The number of allylic oxidation sites excluding steroid dienone is 1. The lowest BCUT2D eigenvalue weighted by Gasteiger charge is -2.31. The average Bonchev–Trinajstić information content (AvgIpc) is 2.78. The van der Waals surface area contributed by atoms with Crippen molar-refractivity contribution in [2.75, 3.05) is 6.54 Å². The number of cyclic esters (lactones) is 1. The van der Waals surface area contributed by atoms with Gasteiger partial charge in [-0.3, -0.25) is 4.79 Å². The summed E-state index contributed by atoms with van der Waals surface area (Å²) in [6.07, 6.45) is 5.27. The molecular formula is C19H23NO4. The molecule has 1 unspecified atom stereocenters. The van der Waals surface area contributed by atoms with E-state index in [0.29, 0.717) is 12.3 Å². The van der Waals surface area contributed by atoms with Crippen LogP contribution in [-0.2, 0) is 20.9 Å². The second-order valence-corrected chi connectivity index (χ2v) is 6.37. The second-order valence-electron chi connectivity index (χ2n) is 6.37. The van der Waals surface area contributed by atoms with E-state index in [9.17, 15) is 9.59 Å². The van der Waals surface area contributed by atoms with Gasteiger partial charge in [-0.05, 0) is 31.4 Å². The summed E-state index contributed by atoms with van der Waals surface area (Å²) < 4.78 is 10.7. The van der Waals surface area contributed by atoms with E-state index in [1.807, 2.05) is 36.4 Å². The normalized spacial score (nSPS) is 24.1. The van der Waals surface area contributed by atoms with Crippen molar-refractivity contribution in [2.45, 2.75) is 45.3 Å². The second kappa shape index (κ2) is 7.51. The van der Waals surface area contributed by atoms with E-state index in [1.54, 1.807) is 11.8 Å². The molecule has 0 saturated carbocycles. The predicted octanol–water partition coefficient (Wildman–Crippen LogP) is 3.64. The topological polar surface area (TPSA) is 55.8 Å². The summed E-state index contributed by atoms with van der Waals surface area (Å²) in [7, 11) is 0. The Morgan fingerprint density at radius 3 is 2.75 bits per heavy atom. The monoisotopic (exact) mass is 329 g/mol. The summed E-state index contributed by atoms with van der Waals surface area (Å²) in [5, 5.41) is 0. The number of ether oxygens (including phenoxy) is 2. The highest BCUT2D eigenvalue weighted by atomic mass is 16.6. The molecule has 3 rings (SSSR count). The highest BCUT2D eigenvalue weighted by Gasteiger charge is 2.39. The van der Waals surface area contributed by atoms with Gasteiger partial charge in [0.1, 0.15) is 12.4 Å². The van der Waals surface area contributed by atoms with Gasteiger partial charge in [-0.25, -0.2) is 4.79 Å². The third-order valence-corrected chi connectivity index (χ3v) is 4.60. The van der Waals surface area contributed by atoms with Crippen LogP contribution in [0.25, 0.3) is 0 Å². The summed E-state index contributed by atoms with van der Waals surface area (Å²) in [5.74, 6) is -0.0283. The quantitative estimate of drug-likeness (QED) is 0.794. The first kappa shape index (κ1) is 16.6. The Hall–Kier alpha value is -2.30. The van der Waals surface area contributed by atoms with E-state index >= 15 is 0 Å². The fourth-order valence-electron chi connectivity index (χ4n) is 3.39. The summed E-state index contributed by atoms with van der Waals surface area (Å²) in [6.45, 7) is 2.63.